The topological polar surface area (TPSA) is 83.2 Å². The van der Waals surface area contributed by atoms with Crippen LogP contribution in [0.25, 0.3) is 10.9 Å². The van der Waals surface area contributed by atoms with Gasteiger partial charge >= 0.3 is 12.0 Å². The van der Waals surface area contributed by atoms with Crippen LogP contribution in [0.3, 0.4) is 0 Å². The highest BCUT2D eigenvalue weighted by Crippen LogP contribution is 2.28. The molecule has 1 aromatic heterocycles. The maximum Gasteiger partial charge on any atom is 0.356 e. The third kappa shape index (κ3) is 3.46. The molecule has 0 unspecified atom stereocenters. The number of esters is 1. The van der Waals surface area contributed by atoms with Gasteiger partial charge in [0.05, 0.1) is 12.3 Å². The van der Waals surface area contributed by atoms with Crippen LogP contribution in [-0.2, 0) is 4.74 Å². The molecule has 1 aromatic carbocycles. The Morgan fingerprint density at radius 2 is 2.10 bits per heavy atom. The van der Waals surface area contributed by atoms with Crippen molar-refractivity contribution in [3.05, 3.63) is 30.0 Å². The first-order chi connectivity index (χ1) is 10.2. The molecular weight excluding hydrogens is 294 g/mol. The summed E-state index contributed by atoms with van der Waals surface area (Å²) in [6, 6.07) is 6.87. The van der Waals surface area contributed by atoms with Crippen LogP contribution < -0.4 is 10.6 Å². The number of aromatic amines is 1. The summed E-state index contributed by atoms with van der Waals surface area (Å²) in [7, 11) is 0. The lowest BCUT2D eigenvalue weighted by atomic mass is 10.2. The second-order valence-corrected chi connectivity index (χ2v) is 4.59. The molecule has 2 amide bonds. The number of carbonyl (C=O) groups excluding carboxylic acids is 2. The minimum atomic E-state index is -0.513. The quantitative estimate of drug-likeness (QED) is 0.586. The number of para-hydroxylation sites is 1. The summed E-state index contributed by atoms with van der Waals surface area (Å²) in [5.74, 6) is -0.201. The summed E-state index contributed by atoms with van der Waals surface area (Å²) in [6.45, 7) is 2.32. The van der Waals surface area contributed by atoms with Crippen molar-refractivity contribution in [1.82, 2.24) is 10.3 Å². The van der Waals surface area contributed by atoms with Crippen molar-refractivity contribution in [3.63, 3.8) is 0 Å². The number of aromatic nitrogens is 1. The van der Waals surface area contributed by atoms with Crippen LogP contribution in [0.15, 0.2) is 24.3 Å². The highest BCUT2D eigenvalue weighted by Gasteiger charge is 2.20. The van der Waals surface area contributed by atoms with Crippen molar-refractivity contribution in [1.29, 1.82) is 0 Å². The first kappa shape index (κ1) is 15.2. The average molecular weight is 310 g/mol. The molecule has 0 fully saturated rings. The van der Waals surface area contributed by atoms with E-state index in [2.05, 4.69) is 15.6 Å². The third-order valence-electron chi connectivity index (χ3n) is 2.80. The van der Waals surface area contributed by atoms with Crippen LogP contribution >= 0.6 is 11.6 Å². The minimum absolute atomic E-state index is 0.221. The van der Waals surface area contributed by atoms with E-state index >= 15 is 0 Å². The lowest BCUT2D eigenvalue weighted by Gasteiger charge is -2.08. The minimum Gasteiger partial charge on any atom is -0.461 e. The number of benzene rings is 1. The van der Waals surface area contributed by atoms with Crippen LogP contribution in [0.1, 0.15) is 17.4 Å². The summed E-state index contributed by atoms with van der Waals surface area (Å²) in [5, 5.41) is 5.99. The van der Waals surface area contributed by atoms with E-state index in [1.807, 2.05) is 24.3 Å². The van der Waals surface area contributed by atoms with E-state index < -0.39 is 12.0 Å². The van der Waals surface area contributed by atoms with Crippen LogP contribution in [0, 0.1) is 0 Å². The smallest absolute Gasteiger partial charge is 0.356 e. The number of rotatable bonds is 5. The fraction of sp³-hybridized carbons (Fsp3) is 0.286. The maximum atomic E-state index is 12.0. The monoisotopic (exact) mass is 309 g/mol. The molecule has 1 heterocycles. The van der Waals surface area contributed by atoms with Crippen LogP contribution in [-0.4, -0.2) is 36.0 Å². The number of alkyl halides is 1. The lowest BCUT2D eigenvalue weighted by molar-refractivity contribution is 0.0522. The van der Waals surface area contributed by atoms with E-state index in [1.165, 1.54) is 0 Å². The fourth-order valence-electron chi connectivity index (χ4n) is 1.95. The summed E-state index contributed by atoms with van der Waals surface area (Å²) < 4.78 is 5.00. The first-order valence-electron chi connectivity index (χ1n) is 6.56. The van der Waals surface area contributed by atoms with E-state index in [0.29, 0.717) is 18.1 Å². The summed E-state index contributed by atoms with van der Waals surface area (Å²) in [5.41, 5.74) is 1.36. The average Bonchev–Trinajstić information content (AvgIpc) is 2.84. The van der Waals surface area contributed by atoms with Crippen LogP contribution in [0.2, 0.25) is 0 Å². The normalized spacial score (nSPS) is 10.4. The molecule has 112 valence electrons. The molecule has 0 atom stereocenters. The Morgan fingerprint density at radius 3 is 2.81 bits per heavy atom. The van der Waals surface area contributed by atoms with Gasteiger partial charge in [-0.2, -0.15) is 0 Å². The SMILES string of the molecule is CCOC(=O)c1[nH]c2ccccc2c1NC(=O)NCCCl. The molecule has 0 aliphatic rings. The van der Waals surface area contributed by atoms with E-state index in [-0.39, 0.29) is 12.3 Å². The first-order valence-corrected chi connectivity index (χ1v) is 7.09. The van der Waals surface area contributed by atoms with Gasteiger partial charge in [-0.25, -0.2) is 9.59 Å². The number of amides is 2. The Bertz CT molecular complexity index is 654. The van der Waals surface area contributed by atoms with Crippen molar-refractivity contribution < 1.29 is 14.3 Å². The molecule has 7 heteroatoms. The third-order valence-corrected chi connectivity index (χ3v) is 2.99. The summed E-state index contributed by atoms with van der Waals surface area (Å²) in [6.07, 6.45) is 0. The van der Waals surface area contributed by atoms with Gasteiger partial charge in [0.25, 0.3) is 0 Å². The van der Waals surface area contributed by atoms with E-state index in [0.717, 1.165) is 10.9 Å². The van der Waals surface area contributed by atoms with Gasteiger partial charge in [0, 0.05) is 23.3 Å². The predicted molar refractivity (Wildman–Crippen MR) is 82.0 cm³/mol. The molecule has 6 nitrogen and oxygen atoms in total. The van der Waals surface area contributed by atoms with Gasteiger partial charge in [-0.15, -0.1) is 11.6 Å². The highest BCUT2D eigenvalue weighted by atomic mass is 35.5. The van der Waals surface area contributed by atoms with Crippen LogP contribution in [0.5, 0.6) is 0 Å². The zero-order valence-corrected chi connectivity index (χ0v) is 12.3. The fourth-order valence-corrected chi connectivity index (χ4v) is 2.04. The zero-order chi connectivity index (χ0) is 15.2. The van der Waals surface area contributed by atoms with E-state index in [1.54, 1.807) is 6.92 Å². The van der Waals surface area contributed by atoms with Gasteiger partial charge in [0.1, 0.15) is 5.69 Å². The van der Waals surface area contributed by atoms with Gasteiger partial charge in [-0.3, -0.25) is 0 Å². The lowest BCUT2D eigenvalue weighted by Crippen LogP contribution is -2.30. The second kappa shape index (κ2) is 6.99. The summed E-state index contributed by atoms with van der Waals surface area (Å²) >= 11 is 5.52. The summed E-state index contributed by atoms with van der Waals surface area (Å²) in [4.78, 5) is 26.8. The number of carbonyl (C=O) groups is 2. The number of hydrogen-bond donors (Lipinski definition) is 3. The van der Waals surface area contributed by atoms with Crippen molar-refractivity contribution in [2.45, 2.75) is 6.92 Å². The van der Waals surface area contributed by atoms with Crippen molar-refractivity contribution in [2.75, 3.05) is 24.3 Å². The molecule has 0 saturated carbocycles. The molecule has 0 saturated heterocycles. The zero-order valence-electron chi connectivity index (χ0n) is 11.5. The Labute approximate surface area is 126 Å². The molecule has 0 aliphatic carbocycles. The molecule has 2 aromatic rings. The van der Waals surface area contributed by atoms with E-state index in [9.17, 15) is 9.59 Å². The van der Waals surface area contributed by atoms with Gasteiger partial charge in [-0.1, -0.05) is 18.2 Å². The number of hydrogen-bond acceptors (Lipinski definition) is 3. The number of fused-ring (bicyclic) bond motifs is 1. The molecule has 3 N–H and O–H groups in total. The maximum absolute atomic E-state index is 12.0. The standard InChI is InChI=1S/C14H16ClN3O3/c1-2-21-13(19)12-11(18-14(20)16-8-7-15)9-5-3-4-6-10(9)17-12/h3-6,17H,2,7-8H2,1H3,(H2,16,18,20). The number of nitrogens with one attached hydrogen (secondary N) is 3. The molecule has 0 radical (unpaired) electrons. The number of anilines is 1. The molecule has 0 bridgehead atoms. The Hall–Kier alpha value is -2.21. The Balaban J connectivity index is 2.36. The predicted octanol–water partition coefficient (Wildman–Crippen LogP) is 2.70. The van der Waals surface area contributed by atoms with Gasteiger partial charge in [0.2, 0.25) is 0 Å². The highest BCUT2D eigenvalue weighted by molar-refractivity contribution is 6.18. The molecule has 21 heavy (non-hydrogen) atoms. The molecule has 0 aliphatic heterocycles. The van der Waals surface area contributed by atoms with Gasteiger partial charge < -0.3 is 20.4 Å². The number of urea groups is 1. The second-order valence-electron chi connectivity index (χ2n) is 4.21. The van der Waals surface area contributed by atoms with E-state index in [4.69, 9.17) is 16.3 Å². The van der Waals surface area contributed by atoms with Crippen molar-refractivity contribution in [2.24, 2.45) is 0 Å². The van der Waals surface area contributed by atoms with Gasteiger partial charge in [-0.05, 0) is 13.0 Å². The van der Waals surface area contributed by atoms with Crippen LogP contribution in [0.4, 0.5) is 10.5 Å². The molecule has 0 spiro atoms. The largest absolute Gasteiger partial charge is 0.461 e. The number of ether oxygens (including phenoxy) is 1. The Morgan fingerprint density at radius 1 is 1.33 bits per heavy atom. The van der Waals surface area contributed by atoms with Crippen molar-refractivity contribution >= 4 is 40.2 Å². The molecule has 2 rings (SSSR count). The number of H-pyrrole nitrogens is 1. The molecular formula is C14H16ClN3O3. The Kier molecular flexibility index (Phi) is 5.05. The van der Waals surface area contributed by atoms with Gasteiger partial charge in [0.15, 0.2) is 0 Å². The number of halogens is 1. The van der Waals surface area contributed by atoms with Crippen molar-refractivity contribution in [3.8, 4) is 0 Å².